The summed E-state index contributed by atoms with van der Waals surface area (Å²) in [5.41, 5.74) is 1.05. The molecular weight excluding hydrogens is 244 g/mol. The zero-order valence-corrected chi connectivity index (χ0v) is 11.1. The van der Waals surface area contributed by atoms with Crippen molar-refractivity contribution < 1.29 is 14.3 Å². The van der Waals surface area contributed by atoms with Gasteiger partial charge in [-0.05, 0) is 17.7 Å². The maximum absolute atomic E-state index is 11.8. The third kappa shape index (κ3) is 4.54. The molecule has 0 aromatic heterocycles. The maximum atomic E-state index is 11.8. The fourth-order valence-corrected chi connectivity index (χ4v) is 1.97. The van der Waals surface area contributed by atoms with Gasteiger partial charge in [0.05, 0.1) is 26.2 Å². The lowest BCUT2D eigenvalue weighted by atomic mass is 10.2. The zero-order valence-electron chi connectivity index (χ0n) is 11.1. The second-order valence-corrected chi connectivity index (χ2v) is 4.53. The van der Waals surface area contributed by atoms with Gasteiger partial charge in [-0.2, -0.15) is 0 Å². The van der Waals surface area contributed by atoms with E-state index in [1.165, 1.54) is 0 Å². The number of hydrogen-bond acceptors (Lipinski definition) is 4. The molecule has 2 N–H and O–H groups in total. The predicted octanol–water partition coefficient (Wildman–Crippen LogP) is 0.690. The van der Waals surface area contributed by atoms with Gasteiger partial charge in [0.1, 0.15) is 5.75 Å². The quantitative estimate of drug-likeness (QED) is 0.821. The lowest BCUT2D eigenvalue weighted by molar-refractivity contribution is -0.124. The van der Waals surface area contributed by atoms with Crippen molar-refractivity contribution in [2.24, 2.45) is 0 Å². The molecule has 104 valence electrons. The summed E-state index contributed by atoms with van der Waals surface area (Å²) in [6.07, 6.45) is 0.396. The van der Waals surface area contributed by atoms with Gasteiger partial charge in [-0.25, -0.2) is 0 Å². The van der Waals surface area contributed by atoms with Gasteiger partial charge in [0.15, 0.2) is 0 Å². The van der Waals surface area contributed by atoms with Crippen LogP contribution >= 0.6 is 0 Å². The average molecular weight is 264 g/mol. The van der Waals surface area contributed by atoms with Crippen LogP contribution in [0.3, 0.4) is 0 Å². The van der Waals surface area contributed by atoms with Crippen LogP contribution in [0.15, 0.2) is 24.3 Å². The van der Waals surface area contributed by atoms with Crippen molar-refractivity contribution in [2.75, 3.05) is 26.8 Å². The highest BCUT2D eigenvalue weighted by Gasteiger charge is 2.16. The first kappa shape index (κ1) is 13.8. The number of methoxy groups -OCH3 is 1. The molecular formula is C14H20N2O3. The van der Waals surface area contributed by atoms with E-state index in [4.69, 9.17) is 9.47 Å². The minimum atomic E-state index is -0.00961. The smallest absolute Gasteiger partial charge is 0.222 e. The van der Waals surface area contributed by atoms with Crippen molar-refractivity contribution in [1.29, 1.82) is 0 Å². The van der Waals surface area contributed by atoms with Gasteiger partial charge in [0.2, 0.25) is 5.91 Å². The van der Waals surface area contributed by atoms with Crippen molar-refractivity contribution in [2.45, 2.75) is 19.1 Å². The molecule has 1 unspecified atom stereocenters. The number of carbonyl (C=O) groups excluding carboxylic acids is 1. The van der Waals surface area contributed by atoms with Gasteiger partial charge in [-0.3, -0.25) is 4.79 Å². The maximum Gasteiger partial charge on any atom is 0.222 e. The molecule has 1 saturated heterocycles. The molecule has 0 saturated carbocycles. The van der Waals surface area contributed by atoms with Crippen molar-refractivity contribution >= 4 is 5.91 Å². The molecule has 0 bridgehead atoms. The van der Waals surface area contributed by atoms with Crippen LogP contribution in [0.2, 0.25) is 0 Å². The fraction of sp³-hybridized carbons (Fsp3) is 0.500. The summed E-state index contributed by atoms with van der Waals surface area (Å²) < 4.78 is 10.6. The molecule has 1 atom stereocenters. The van der Waals surface area contributed by atoms with Crippen LogP contribution in [0, 0.1) is 0 Å². The van der Waals surface area contributed by atoms with Crippen LogP contribution < -0.4 is 15.4 Å². The number of hydrogen-bond donors (Lipinski definition) is 2. The Morgan fingerprint density at radius 2 is 2.26 bits per heavy atom. The summed E-state index contributed by atoms with van der Waals surface area (Å²) in [5.74, 6) is 0.835. The largest absolute Gasteiger partial charge is 0.497 e. The molecule has 19 heavy (non-hydrogen) atoms. The van der Waals surface area contributed by atoms with Crippen LogP contribution in [0.1, 0.15) is 12.0 Å². The molecule has 1 aliphatic rings. The molecule has 0 spiro atoms. The van der Waals surface area contributed by atoms with Gasteiger partial charge in [-0.15, -0.1) is 0 Å². The molecule has 2 rings (SSSR count). The van der Waals surface area contributed by atoms with E-state index in [2.05, 4.69) is 10.6 Å². The van der Waals surface area contributed by atoms with Crippen LogP contribution in [0.25, 0.3) is 0 Å². The Morgan fingerprint density at radius 3 is 2.89 bits per heavy atom. The summed E-state index contributed by atoms with van der Waals surface area (Å²) in [6.45, 7) is 2.82. The molecule has 1 aliphatic heterocycles. The zero-order chi connectivity index (χ0) is 13.5. The standard InChI is InChI=1S/C14H20N2O3/c1-18-12-4-2-11(3-5-12)9-16-14(17)8-13-10-15-6-7-19-13/h2-5,13,15H,6-10H2,1H3,(H,16,17). The summed E-state index contributed by atoms with van der Waals surface area (Å²) in [7, 11) is 1.63. The van der Waals surface area contributed by atoms with E-state index < -0.39 is 0 Å². The predicted molar refractivity (Wildman–Crippen MR) is 72.1 cm³/mol. The van der Waals surface area contributed by atoms with Crippen molar-refractivity contribution in [3.8, 4) is 5.75 Å². The first-order valence-electron chi connectivity index (χ1n) is 6.50. The molecule has 1 aromatic carbocycles. The Morgan fingerprint density at radius 1 is 1.47 bits per heavy atom. The van der Waals surface area contributed by atoms with Crippen molar-refractivity contribution in [3.63, 3.8) is 0 Å². The van der Waals surface area contributed by atoms with E-state index in [9.17, 15) is 4.79 Å². The van der Waals surface area contributed by atoms with Gasteiger partial charge < -0.3 is 20.1 Å². The van der Waals surface area contributed by atoms with E-state index in [0.717, 1.165) is 24.4 Å². The monoisotopic (exact) mass is 264 g/mol. The Balaban J connectivity index is 1.72. The lowest BCUT2D eigenvalue weighted by Gasteiger charge is -2.23. The number of carbonyl (C=O) groups is 1. The highest BCUT2D eigenvalue weighted by molar-refractivity contribution is 5.76. The minimum Gasteiger partial charge on any atom is -0.497 e. The van der Waals surface area contributed by atoms with Crippen LogP contribution in [-0.2, 0) is 16.1 Å². The molecule has 0 radical (unpaired) electrons. The SMILES string of the molecule is COc1ccc(CNC(=O)CC2CNCCO2)cc1. The van der Waals surface area contributed by atoms with Gasteiger partial charge in [0, 0.05) is 19.6 Å². The molecule has 5 heteroatoms. The van der Waals surface area contributed by atoms with E-state index in [0.29, 0.717) is 19.6 Å². The third-order valence-electron chi connectivity index (χ3n) is 3.07. The minimum absolute atomic E-state index is 0.00961. The van der Waals surface area contributed by atoms with E-state index in [1.54, 1.807) is 7.11 Å². The second kappa shape index (κ2) is 7.11. The van der Waals surface area contributed by atoms with Crippen LogP contribution in [-0.4, -0.2) is 38.8 Å². The summed E-state index contributed by atoms with van der Waals surface area (Å²) in [4.78, 5) is 11.8. The second-order valence-electron chi connectivity index (χ2n) is 4.53. The highest BCUT2D eigenvalue weighted by Crippen LogP contribution is 2.11. The Labute approximate surface area is 113 Å². The van der Waals surface area contributed by atoms with Crippen LogP contribution in [0.5, 0.6) is 5.75 Å². The summed E-state index contributed by atoms with van der Waals surface area (Å²) in [5, 5.41) is 6.10. The Bertz CT molecular complexity index is 400. The first-order valence-corrected chi connectivity index (χ1v) is 6.50. The van der Waals surface area contributed by atoms with E-state index >= 15 is 0 Å². The summed E-state index contributed by atoms with van der Waals surface area (Å²) in [6, 6.07) is 7.65. The van der Waals surface area contributed by atoms with Crippen molar-refractivity contribution in [3.05, 3.63) is 29.8 Å². The summed E-state index contributed by atoms with van der Waals surface area (Å²) >= 11 is 0. The third-order valence-corrected chi connectivity index (χ3v) is 3.07. The average Bonchev–Trinajstić information content (AvgIpc) is 2.47. The molecule has 1 aromatic rings. The van der Waals surface area contributed by atoms with E-state index in [1.807, 2.05) is 24.3 Å². The number of ether oxygens (including phenoxy) is 2. The molecule has 5 nitrogen and oxygen atoms in total. The number of rotatable bonds is 5. The number of morpholine rings is 1. The topological polar surface area (TPSA) is 59.6 Å². The first-order chi connectivity index (χ1) is 9.28. The number of benzene rings is 1. The highest BCUT2D eigenvalue weighted by atomic mass is 16.5. The van der Waals surface area contributed by atoms with Gasteiger partial charge in [-0.1, -0.05) is 12.1 Å². The molecule has 1 heterocycles. The van der Waals surface area contributed by atoms with Gasteiger partial charge >= 0.3 is 0 Å². The van der Waals surface area contributed by atoms with Gasteiger partial charge in [0.25, 0.3) is 0 Å². The van der Waals surface area contributed by atoms with Crippen molar-refractivity contribution in [1.82, 2.24) is 10.6 Å². The normalized spacial score (nSPS) is 18.9. The molecule has 1 fully saturated rings. The van der Waals surface area contributed by atoms with Crippen LogP contribution in [0.4, 0.5) is 0 Å². The Kier molecular flexibility index (Phi) is 5.18. The molecule has 0 aliphatic carbocycles. The molecule has 1 amide bonds. The number of amides is 1. The lowest BCUT2D eigenvalue weighted by Crippen LogP contribution is -2.41. The Hall–Kier alpha value is -1.59. The number of nitrogens with one attached hydrogen (secondary N) is 2. The van der Waals surface area contributed by atoms with E-state index in [-0.39, 0.29) is 12.0 Å². The fourth-order valence-electron chi connectivity index (χ4n) is 1.97.